The zero-order chi connectivity index (χ0) is 13.7. The van der Waals surface area contributed by atoms with E-state index in [1.54, 1.807) is 11.8 Å². The maximum atomic E-state index is 12.1. The molecular formula is C15H22N2OS. The summed E-state index contributed by atoms with van der Waals surface area (Å²) in [5.74, 6) is 1.25. The van der Waals surface area contributed by atoms with Gasteiger partial charge in [0.05, 0.1) is 4.75 Å². The molecule has 1 fully saturated rings. The highest BCUT2D eigenvalue weighted by Gasteiger charge is 2.36. The predicted octanol–water partition coefficient (Wildman–Crippen LogP) is 2.48. The molecule has 4 heteroatoms. The molecule has 3 N–H and O–H groups in total. The van der Waals surface area contributed by atoms with Crippen LogP contribution in [0.2, 0.25) is 0 Å². The van der Waals surface area contributed by atoms with Crippen LogP contribution in [0.4, 0.5) is 0 Å². The van der Waals surface area contributed by atoms with Crippen LogP contribution in [0, 0.1) is 0 Å². The first-order valence-electron chi connectivity index (χ1n) is 6.84. The van der Waals surface area contributed by atoms with Crippen LogP contribution in [-0.2, 0) is 4.79 Å². The number of rotatable bonds is 5. The second-order valence-corrected chi connectivity index (χ2v) is 6.84. The van der Waals surface area contributed by atoms with E-state index in [0.29, 0.717) is 6.54 Å². The Morgan fingerprint density at radius 2 is 2.21 bits per heavy atom. The first kappa shape index (κ1) is 14.4. The van der Waals surface area contributed by atoms with Crippen molar-refractivity contribution in [2.45, 2.75) is 37.0 Å². The second kappa shape index (κ2) is 6.44. The molecule has 0 radical (unpaired) electrons. The fraction of sp³-hybridized carbons (Fsp3) is 0.533. The molecule has 19 heavy (non-hydrogen) atoms. The van der Waals surface area contributed by atoms with E-state index in [0.717, 1.165) is 30.6 Å². The van der Waals surface area contributed by atoms with Gasteiger partial charge in [-0.2, -0.15) is 0 Å². The van der Waals surface area contributed by atoms with Crippen LogP contribution in [0.1, 0.15) is 37.8 Å². The minimum atomic E-state index is -0.225. The van der Waals surface area contributed by atoms with Gasteiger partial charge in [-0.05, 0) is 37.5 Å². The molecule has 1 aliphatic rings. The van der Waals surface area contributed by atoms with E-state index in [9.17, 15) is 4.79 Å². The van der Waals surface area contributed by atoms with Crippen molar-refractivity contribution in [1.29, 1.82) is 0 Å². The van der Waals surface area contributed by atoms with Gasteiger partial charge in [0.2, 0.25) is 5.91 Å². The molecule has 104 valence electrons. The van der Waals surface area contributed by atoms with Crippen LogP contribution in [0.15, 0.2) is 30.3 Å². The molecule has 0 aliphatic carbocycles. The second-order valence-electron chi connectivity index (χ2n) is 5.24. The summed E-state index contributed by atoms with van der Waals surface area (Å²) in [6, 6.07) is 10.0. The van der Waals surface area contributed by atoms with E-state index in [-0.39, 0.29) is 16.7 Å². The Morgan fingerprint density at radius 3 is 2.84 bits per heavy atom. The lowest BCUT2D eigenvalue weighted by Gasteiger charge is -2.22. The van der Waals surface area contributed by atoms with E-state index in [1.807, 2.05) is 37.3 Å². The summed E-state index contributed by atoms with van der Waals surface area (Å²) >= 11 is 1.76. The molecule has 0 saturated carbocycles. The number of carbonyl (C=O) groups is 1. The van der Waals surface area contributed by atoms with Crippen molar-refractivity contribution in [2.24, 2.45) is 5.73 Å². The highest BCUT2D eigenvalue weighted by atomic mass is 32.2. The molecule has 1 saturated heterocycles. The van der Waals surface area contributed by atoms with E-state index in [2.05, 4.69) is 5.32 Å². The van der Waals surface area contributed by atoms with E-state index in [1.165, 1.54) is 0 Å². The lowest BCUT2D eigenvalue weighted by Crippen LogP contribution is -2.41. The highest BCUT2D eigenvalue weighted by Crippen LogP contribution is 2.37. The Hall–Kier alpha value is -1.00. The van der Waals surface area contributed by atoms with Gasteiger partial charge < -0.3 is 11.1 Å². The maximum absolute atomic E-state index is 12.1. The standard InChI is InChI=1S/C15H22N2OS/c1-15(9-5-11-19-15)14(18)17-10-8-13(16)12-6-3-2-4-7-12/h2-4,6-7,13H,5,8-11,16H2,1H3,(H,17,18). The Kier molecular flexibility index (Phi) is 4.88. The average Bonchev–Trinajstić information content (AvgIpc) is 2.88. The Balaban J connectivity index is 1.76. The molecule has 1 amide bonds. The Labute approximate surface area is 119 Å². The Morgan fingerprint density at radius 1 is 1.47 bits per heavy atom. The van der Waals surface area contributed by atoms with Gasteiger partial charge in [-0.15, -0.1) is 11.8 Å². The summed E-state index contributed by atoms with van der Waals surface area (Å²) in [7, 11) is 0. The molecule has 2 unspecified atom stereocenters. The third-order valence-corrected chi connectivity index (χ3v) is 5.19. The fourth-order valence-corrected chi connectivity index (χ4v) is 3.58. The summed E-state index contributed by atoms with van der Waals surface area (Å²) in [6.45, 7) is 2.68. The average molecular weight is 278 g/mol. The van der Waals surface area contributed by atoms with Crippen LogP contribution in [0.5, 0.6) is 0 Å². The third kappa shape index (κ3) is 3.74. The number of carbonyl (C=O) groups excluding carboxylic acids is 1. The monoisotopic (exact) mass is 278 g/mol. The highest BCUT2D eigenvalue weighted by molar-refractivity contribution is 8.01. The molecule has 1 heterocycles. The number of hydrogen-bond acceptors (Lipinski definition) is 3. The van der Waals surface area contributed by atoms with Crippen molar-refractivity contribution < 1.29 is 4.79 Å². The lowest BCUT2D eigenvalue weighted by molar-refractivity contribution is -0.123. The van der Waals surface area contributed by atoms with Crippen LogP contribution < -0.4 is 11.1 Å². The topological polar surface area (TPSA) is 55.1 Å². The van der Waals surface area contributed by atoms with Crippen molar-refractivity contribution in [2.75, 3.05) is 12.3 Å². The first-order valence-corrected chi connectivity index (χ1v) is 7.83. The van der Waals surface area contributed by atoms with E-state index < -0.39 is 0 Å². The van der Waals surface area contributed by atoms with Crippen molar-refractivity contribution in [3.8, 4) is 0 Å². The third-order valence-electron chi connectivity index (χ3n) is 3.67. The van der Waals surface area contributed by atoms with Gasteiger partial charge in [0, 0.05) is 12.6 Å². The molecule has 3 nitrogen and oxygen atoms in total. The van der Waals surface area contributed by atoms with Crippen LogP contribution >= 0.6 is 11.8 Å². The van der Waals surface area contributed by atoms with E-state index in [4.69, 9.17) is 5.73 Å². The molecule has 1 aromatic rings. The van der Waals surface area contributed by atoms with Crippen LogP contribution in [0.3, 0.4) is 0 Å². The molecule has 0 aromatic heterocycles. The predicted molar refractivity (Wildman–Crippen MR) is 81.1 cm³/mol. The zero-order valence-electron chi connectivity index (χ0n) is 11.4. The summed E-state index contributed by atoms with van der Waals surface area (Å²) in [6.07, 6.45) is 2.89. The number of nitrogens with one attached hydrogen (secondary N) is 1. The van der Waals surface area contributed by atoms with Gasteiger partial charge in [0.25, 0.3) is 0 Å². The van der Waals surface area contributed by atoms with Gasteiger partial charge in [0.1, 0.15) is 0 Å². The molecule has 2 atom stereocenters. The molecule has 0 spiro atoms. The zero-order valence-corrected chi connectivity index (χ0v) is 12.2. The normalized spacial score (nSPS) is 24.1. The van der Waals surface area contributed by atoms with Gasteiger partial charge in [-0.3, -0.25) is 4.79 Å². The molecule has 2 rings (SSSR count). The Bertz CT molecular complexity index is 415. The largest absolute Gasteiger partial charge is 0.355 e. The summed E-state index contributed by atoms with van der Waals surface area (Å²) in [4.78, 5) is 12.1. The molecule has 0 bridgehead atoms. The van der Waals surface area contributed by atoms with Gasteiger partial charge in [0.15, 0.2) is 0 Å². The van der Waals surface area contributed by atoms with Crippen LogP contribution in [0.25, 0.3) is 0 Å². The summed E-state index contributed by atoms with van der Waals surface area (Å²) in [5.41, 5.74) is 7.23. The number of amides is 1. The van der Waals surface area contributed by atoms with Crippen molar-refractivity contribution in [3.05, 3.63) is 35.9 Å². The van der Waals surface area contributed by atoms with Crippen molar-refractivity contribution >= 4 is 17.7 Å². The fourth-order valence-electron chi connectivity index (χ4n) is 2.35. The van der Waals surface area contributed by atoms with Gasteiger partial charge >= 0.3 is 0 Å². The number of nitrogens with two attached hydrogens (primary N) is 1. The van der Waals surface area contributed by atoms with Gasteiger partial charge in [-0.25, -0.2) is 0 Å². The SMILES string of the molecule is CC1(C(=O)NCCC(N)c2ccccc2)CCCS1. The summed E-state index contributed by atoms with van der Waals surface area (Å²) < 4.78 is -0.225. The van der Waals surface area contributed by atoms with Crippen molar-refractivity contribution in [3.63, 3.8) is 0 Å². The van der Waals surface area contributed by atoms with E-state index >= 15 is 0 Å². The van der Waals surface area contributed by atoms with Crippen LogP contribution in [-0.4, -0.2) is 23.0 Å². The number of benzene rings is 1. The maximum Gasteiger partial charge on any atom is 0.235 e. The lowest BCUT2D eigenvalue weighted by atomic mass is 10.0. The molecule has 1 aromatic carbocycles. The van der Waals surface area contributed by atoms with Gasteiger partial charge in [-0.1, -0.05) is 30.3 Å². The minimum absolute atomic E-state index is 0.00876. The smallest absolute Gasteiger partial charge is 0.235 e. The number of hydrogen-bond donors (Lipinski definition) is 2. The molecule has 1 aliphatic heterocycles. The molecular weight excluding hydrogens is 256 g/mol. The quantitative estimate of drug-likeness (QED) is 0.870. The van der Waals surface area contributed by atoms with Crippen molar-refractivity contribution in [1.82, 2.24) is 5.32 Å². The first-order chi connectivity index (χ1) is 9.12. The number of thioether (sulfide) groups is 1. The minimum Gasteiger partial charge on any atom is -0.355 e. The summed E-state index contributed by atoms with van der Waals surface area (Å²) in [5, 5.41) is 3.03.